The molecule has 0 radical (unpaired) electrons. The number of nitrogens with two attached hydrogens (primary N) is 2. The van der Waals surface area contributed by atoms with E-state index in [0.717, 1.165) is 5.56 Å². The van der Waals surface area contributed by atoms with Crippen molar-refractivity contribution in [3.05, 3.63) is 35.9 Å². The number of hydrogen-bond acceptors (Lipinski definition) is 6. The van der Waals surface area contributed by atoms with Crippen molar-refractivity contribution >= 4 is 23.8 Å². The molecule has 1 aromatic rings. The van der Waals surface area contributed by atoms with Crippen LogP contribution in [-0.2, 0) is 25.5 Å². The number of primary amides is 1. The average Bonchev–Trinajstić information content (AvgIpc) is 2.57. The van der Waals surface area contributed by atoms with Gasteiger partial charge in [0.1, 0.15) is 11.6 Å². The molecule has 0 aromatic heterocycles. The van der Waals surface area contributed by atoms with Crippen LogP contribution in [0.5, 0.6) is 0 Å². The van der Waals surface area contributed by atoms with E-state index in [2.05, 4.69) is 16.2 Å². The number of benzene rings is 1. The molecular weight excluding hydrogens is 366 g/mol. The summed E-state index contributed by atoms with van der Waals surface area (Å²) < 4.78 is 5.03. The third-order valence-corrected chi connectivity index (χ3v) is 3.36. The molecule has 1 rings (SSSR count). The van der Waals surface area contributed by atoms with Crippen LogP contribution in [0.15, 0.2) is 30.3 Å². The molecule has 28 heavy (non-hydrogen) atoms. The average molecular weight is 393 g/mol. The second-order valence-corrected chi connectivity index (χ2v) is 7.14. The molecule has 7 N–H and O–H groups in total. The van der Waals surface area contributed by atoms with Crippen LogP contribution in [0.25, 0.3) is 0 Å². The maximum Gasteiger partial charge on any atom is 0.426 e. The molecule has 4 amide bonds. The van der Waals surface area contributed by atoms with Crippen molar-refractivity contribution in [2.45, 2.75) is 51.3 Å². The summed E-state index contributed by atoms with van der Waals surface area (Å²) >= 11 is 0. The SMILES string of the molecule is CC(C)(C)OC(=O)NNC(=O)[C@H](Cc1ccccc1)NC(=O)[C@@H](N)CC(N)=O. The number of carbonyl (C=O) groups is 4. The van der Waals surface area contributed by atoms with Gasteiger partial charge in [0.2, 0.25) is 11.8 Å². The minimum absolute atomic E-state index is 0.137. The van der Waals surface area contributed by atoms with Crippen molar-refractivity contribution in [3.63, 3.8) is 0 Å². The van der Waals surface area contributed by atoms with Gasteiger partial charge in [0.05, 0.1) is 12.5 Å². The lowest BCUT2D eigenvalue weighted by Crippen LogP contribution is -2.56. The Morgan fingerprint density at radius 2 is 1.64 bits per heavy atom. The molecule has 0 aliphatic rings. The fraction of sp³-hybridized carbons (Fsp3) is 0.444. The molecule has 0 saturated carbocycles. The van der Waals surface area contributed by atoms with E-state index in [9.17, 15) is 19.2 Å². The molecule has 0 aliphatic heterocycles. The Morgan fingerprint density at radius 1 is 1.04 bits per heavy atom. The van der Waals surface area contributed by atoms with E-state index in [1.54, 1.807) is 45.0 Å². The fourth-order valence-electron chi connectivity index (χ4n) is 2.15. The Balaban J connectivity index is 2.79. The molecular formula is C18H27N5O5. The van der Waals surface area contributed by atoms with E-state index in [1.165, 1.54) is 0 Å². The highest BCUT2D eigenvalue weighted by Gasteiger charge is 2.26. The number of hydrazine groups is 1. The third kappa shape index (κ3) is 8.99. The minimum Gasteiger partial charge on any atom is -0.443 e. The number of hydrogen-bond donors (Lipinski definition) is 5. The maximum atomic E-state index is 12.5. The van der Waals surface area contributed by atoms with Gasteiger partial charge in [-0.2, -0.15) is 0 Å². The lowest BCUT2D eigenvalue weighted by Gasteiger charge is -2.22. The first-order valence-corrected chi connectivity index (χ1v) is 8.65. The Morgan fingerprint density at radius 3 is 2.18 bits per heavy atom. The van der Waals surface area contributed by atoms with E-state index >= 15 is 0 Å². The number of amides is 4. The zero-order valence-corrected chi connectivity index (χ0v) is 16.2. The number of ether oxygens (including phenoxy) is 1. The van der Waals surface area contributed by atoms with Crippen LogP contribution in [-0.4, -0.2) is 41.5 Å². The van der Waals surface area contributed by atoms with E-state index in [-0.39, 0.29) is 12.8 Å². The van der Waals surface area contributed by atoms with Gasteiger partial charge in [0.25, 0.3) is 5.91 Å². The summed E-state index contributed by atoms with van der Waals surface area (Å²) in [7, 11) is 0. The Bertz CT molecular complexity index is 702. The van der Waals surface area contributed by atoms with Crippen LogP contribution >= 0.6 is 0 Å². The van der Waals surface area contributed by atoms with Gasteiger partial charge in [-0.05, 0) is 26.3 Å². The van der Waals surface area contributed by atoms with Gasteiger partial charge in [0.15, 0.2) is 0 Å². The predicted molar refractivity (Wildman–Crippen MR) is 101 cm³/mol. The van der Waals surface area contributed by atoms with Crippen molar-refractivity contribution in [1.29, 1.82) is 0 Å². The topological polar surface area (TPSA) is 166 Å². The van der Waals surface area contributed by atoms with Gasteiger partial charge >= 0.3 is 6.09 Å². The summed E-state index contributed by atoms with van der Waals surface area (Å²) in [5, 5.41) is 2.47. The Labute approximate surface area is 163 Å². The first-order chi connectivity index (χ1) is 13.0. The van der Waals surface area contributed by atoms with E-state index < -0.39 is 41.5 Å². The molecule has 0 aliphatic carbocycles. The van der Waals surface area contributed by atoms with E-state index in [1.807, 2.05) is 6.07 Å². The lowest BCUT2D eigenvalue weighted by molar-refractivity contribution is -0.131. The van der Waals surface area contributed by atoms with Gasteiger partial charge in [0, 0.05) is 6.42 Å². The predicted octanol–water partition coefficient (Wildman–Crippen LogP) is -0.527. The molecule has 0 heterocycles. The quantitative estimate of drug-likeness (QED) is 0.391. The summed E-state index contributed by atoms with van der Waals surface area (Å²) in [4.78, 5) is 47.3. The van der Waals surface area contributed by atoms with Crippen LogP contribution < -0.4 is 27.6 Å². The van der Waals surface area contributed by atoms with Gasteiger partial charge < -0.3 is 21.5 Å². The summed E-state index contributed by atoms with van der Waals surface area (Å²) in [5.74, 6) is -2.14. The normalized spacial score (nSPS) is 13.0. The first-order valence-electron chi connectivity index (χ1n) is 8.65. The van der Waals surface area contributed by atoms with Crippen molar-refractivity contribution in [2.24, 2.45) is 11.5 Å². The number of nitrogens with one attached hydrogen (secondary N) is 3. The summed E-state index contributed by atoms with van der Waals surface area (Å²) in [6, 6.07) is 6.68. The summed E-state index contributed by atoms with van der Waals surface area (Å²) in [6.07, 6.45) is -1.07. The van der Waals surface area contributed by atoms with Crippen LogP contribution in [0.4, 0.5) is 4.79 Å². The number of carbonyl (C=O) groups excluding carboxylic acids is 4. The molecule has 10 heteroatoms. The van der Waals surface area contributed by atoms with Gasteiger partial charge in [-0.15, -0.1) is 0 Å². The highest BCUT2D eigenvalue weighted by Crippen LogP contribution is 2.06. The van der Waals surface area contributed by atoms with Crippen LogP contribution in [0.3, 0.4) is 0 Å². The molecule has 0 unspecified atom stereocenters. The zero-order chi connectivity index (χ0) is 21.3. The van der Waals surface area contributed by atoms with Crippen LogP contribution in [0.1, 0.15) is 32.8 Å². The van der Waals surface area contributed by atoms with Gasteiger partial charge in [-0.1, -0.05) is 30.3 Å². The van der Waals surface area contributed by atoms with E-state index in [0.29, 0.717) is 0 Å². The van der Waals surface area contributed by atoms with Gasteiger partial charge in [-0.25, -0.2) is 10.2 Å². The molecule has 0 bridgehead atoms. The smallest absolute Gasteiger partial charge is 0.426 e. The molecule has 1 aromatic carbocycles. The summed E-state index contributed by atoms with van der Waals surface area (Å²) in [5.41, 5.74) is 15.0. The van der Waals surface area contributed by atoms with Crippen molar-refractivity contribution in [3.8, 4) is 0 Å². The highest BCUT2D eigenvalue weighted by atomic mass is 16.6. The Hall–Kier alpha value is -3.14. The number of rotatable bonds is 7. The zero-order valence-electron chi connectivity index (χ0n) is 16.2. The van der Waals surface area contributed by atoms with Crippen molar-refractivity contribution in [1.82, 2.24) is 16.2 Å². The van der Waals surface area contributed by atoms with Gasteiger partial charge in [-0.3, -0.25) is 19.8 Å². The summed E-state index contributed by atoms with van der Waals surface area (Å²) in [6.45, 7) is 5.02. The highest BCUT2D eigenvalue weighted by molar-refractivity contribution is 5.92. The molecule has 0 fully saturated rings. The largest absolute Gasteiger partial charge is 0.443 e. The second kappa shape index (κ2) is 10.3. The maximum absolute atomic E-state index is 12.5. The molecule has 0 spiro atoms. The lowest BCUT2D eigenvalue weighted by atomic mass is 10.0. The third-order valence-electron chi connectivity index (χ3n) is 3.36. The van der Waals surface area contributed by atoms with Crippen LogP contribution in [0.2, 0.25) is 0 Å². The van der Waals surface area contributed by atoms with E-state index in [4.69, 9.17) is 16.2 Å². The molecule has 0 saturated heterocycles. The monoisotopic (exact) mass is 393 g/mol. The molecule has 2 atom stereocenters. The Kier molecular flexibility index (Phi) is 8.39. The molecule has 10 nitrogen and oxygen atoms in total. The van der Waals surface area contributed by atoms with Crippen LogP contribution in [0, 0.1) is 0 Å². The molecule has 154 valence electrons. The second-order valence-electron chi connectivity index (χ2n) is 7.14. The van der Waals surface area contributed by atoms with Crippen molar-refractivity contribution < 1.29 is 23.9 Å². The van der Waals surface area contributed by atoms with Crippen molar-refractivity contribution in [2.75, 3.05) is 0 Å². The standard InChI is InChI=1S/C18H27N5O5/c1-18(2,3)28-17(27)23-22-16(26)13(9-11-7-5-4-6-8-11)21-15(25)12(19)10-14(20)24/h4-8,12-13H,9-10,19H2,1-3H3,(H2,20,24)(H,21,25)(H,22,26)(H,23,27)/t12-,13-/m0/s1. The minimum atomic E-state index is -1.19. The first kappa shape index (κ1) is 22.9. The fourth-order valence-corrected chi connectivity index (χ4v) is 2.15.